The number of hydrogen-bond acceptors (Lipinski definition) is 19. The first-order valence-electron chi connectivity index (χ1n) is 35.9. The maximum Gasteiger partial charge on any atom is 0.407 e. The first-order valence-corrected chi connectivity index (χ1v) is 35.9. The molecule has 4 saturated carbocycles. The molecule has 534 valence electrons. The Balaban J connectivity index is 0.573. The lowest BCUT2D eigenvalue weighted by Gasteiger charge is -2.59. The summed E-state index contributed by atoms with van der Waals surface area (Å²) in [6, 6.07) is 6.26. The van der Waals surface area contributed by atoms with Gasteiger partial charge in [-0.3, -0.25) is 24.0 Å². The highest BCUT2D eigenvalue weighted by molar-refractivity contribution is 6.01. The van der Waals surface area contributed by atoms with Crippen LogP contribution in [-0.2, 0) is 97.1 Å². The van der Waals surface area contributed by atoms with Gasteiger partial charge in [0.05, 0.1) is 111 Å². The summed E-state index contributed by atoms with van der Waals surface area (Å²) in [5.74, 6) is 0.247. The number of ketones is 4. The van der Waals surface area contributed by atoms with Crippen molar-refractivity contribution < 1.29 is 90.7 Å². The Hall–Kier alpha value is -5.34. The van der Waals surface area contributed by atoms with Crippen LogP contribution in [0.25, 0.3) is 0 Å². The van der Waals surface area contributed by atoms with Crippen LogP contribution >= 0.6 is 0 Å². The minimum absolute atomic E-state index is 0.0149. The van der Waals surface area contributed by atoms with Crippen LogP contribution in [-0.4, -0.2) is 193 Å². The number of unbranched alkanes of at least 4 members (excludes halogenated alkanes) is 1. The minimum Gasteiger partial charge on any atom is -0.486 e. The van der Waals surface area contributed by atoms with Gasteiger partial charge in [-0.1, -0.05) is 90.3 Å². The van der Waals surface area contributed by atoms with Gasteiger partial charge in [-0.2, -0.15) is 4.68 Å². The number of carbonyl (C=O) groups excluding carboxylic acids is 6. The number of Topliss-reactive ketones (excluding diaryl/α,β-unsaturated/α-hetero) is 3. The molecular weight excluding hydrogens is 1230 g/mol. The molecule has 9 rings (SSSR count). The largest absolute Gasteiger partial charge is 0.486 e. The second-order valence-electron chi connectivity index (χ2n) is 28.2. The predicted octanol–water partition coefficient (Wildman–Crippen LogP) is 7.14. The molecular formula is C73H110N5O18+. The van der Waals surface area contributed by atoms with Gasteiger partial charge in [0.25, 0.3) is 0 Å². The molecule has 6 aliphatic carbocycles. The van der Waals surface area contributed by atoms with Crippen molar-refractivity contribution in [3.63, 3.8) is 0 Å². The van der Waals surface area contributed by atoms with Crippen LogP contribution in [0.3, 0.4) is 0 Å². The zero-order valence-electron chi connectivity index (χ0n) is 58.1. The van der Waals surface area contributed by atoms with Gasteiger partial charge in [0, 0.05) is 73.0 Å². The van der Waals surface area contributed by atoms with Crippen molar-refractivity contribution in [2.45, 2.75) is 181 Å². The van der Waals surface area contributed by atoms with E-state index < -0.39 is 53.0 Å². The number of aliphatic hydroxyl groups is 1. The topological polar surface area (TPSA) is 281 Å². The lowest BCUT2D eigenvalue weighted by Crippen LogP contribution is -2.63. The first kappa shape index (κ1) is 74.9. The van der Waals surface area contributed by atoms with Crippen LogP contribution in [0.4, 0.5) is 4.79 Å². The summed E-state index contributed by atoms with van der Waals surface area (Å²) in [6.07, 6.45) is 13.4. The molecule has 14 atom stereocenters. The first-order chi connectivity index (χ1) is 46.4. The average molecular weight is 1350 g/mol. The number of aromatic nitrogens is 3. The van der Waals surface area contributed by atoms with Crippen molar-refractivity contribution >= 4 is 35.1 Å². The van der Waals surface area contributed by atoms with Crippen LogP contribution in [0.15, 0.2) is 48.1 Å². The van der Waals surface area contributed by atoms with E-state index in [2.05, 4.69) is 53.3 Å². The van der Waals surface area contributed by atoms with Gasteiger partial charge in [-0.15, -0.1) is 0 Å². The third kappa shape index (κ3) is 18.9. The van der Waals surface area contributed by atoms with E-state index >= 15 is 0 Å². The van der Waals surface area contributed by atoms with Gasteiger partial charge in [-0.25, -0.2) is 4.79 Å². The smallest absolute Gasteiger partial charge is 0.407 e. The van der Waals surface area contributed by atoms with E-state index in [0.29, 0.717) is 135 Å². The maximum atomic E-state index is 14.8. The molecule has 1 aromatic heterocycles. The predicted molar refractivity (Wildman–Crippen MR) is 352 cm³/mol. The van der Waals surface area contributed by atoms with Gasteiger partial charge in [0.2, 0.25) is 17.4 Å². The molecule has 7 aliphatic rings. The van der Waals surface area contributed by atoms with E-state index in [1.54, 1.807) is 43.3 Å². The third-order valence-electron chi connectivity index (χ3n) is 21.5. The Morgan fingerprint density at radius 3 is 2.10 bits per heavy atom. The van der Waals surface area contributed by atoms with Crippen molar-refractivity contribution in [3.8, 4) is 5.75 Å². The third-order valence-corrected chi connectivity index (χ3v) is 21.5. The summed E-state index contributed by atoms with van der Waals surface area (Å²) < 4.78 is 66.6. The zero-order valence-corrected chi connectivity index (χ0v) is 58.1. The summed E-state index contributed by atoms with van der Waals surface area (Å²) in [4.78, 5) is 79.7. The molecule has 4 unspecified atom stereocenters. The van der Waals surface area contributed by atoms with Crippen LogP contribution in [0.5, 0.6) is 5.75 Å². The number of amides is 2. The number of aryl methyl sites for hydroxylation is 1. The highest BCUT2D eigenvalue weighted by atomic mass is 16.7. The second kappa shape index (κ2) is 36.1. The van der Waals surface area contributed by atoms with Crippen LogP contribution in [0.1, 0.15) is 142 Å². The summed E-state index contributed by atoms with van der Waals surface area (Å²) in [5, 5.41) is 25.5. The molecule has 23 heteroatoms. The van der Waals surface area contributed by atoms with E-state index in [1.807, 2.05) is 19.9 Å². The quantitative estimate of drug-likeness (QED) is 0.0379. The fourth-order valence-corrected chi connectivity index (χ4v) is 16.4. The van der Waals surface area contributed by atoms with Gasteiger partial charge < -0.3 is 67.8 Å². The van der Waals surface area contributed by atoms with Crippen LogP contribution < -0.4 is 20.1 Å². The molecule has 5 fully saturated rings. The summed E-state index contributed by atoms with van der Waals surface area (Å²) in [6.45, 7) is 21.2. The van der Waals surface area contributed by atoms with Crippen molar-refractivity contribution in [2.75, 3.05) is 112 Å². The molecule has 0 spiro atoms. The number of rotatable bonds is 43. The van der Waals surface area contributed by atoms with Gasteiger partial charge in [0.1, 0.15) is 24.7 Å². The number of H-pyrrole nitrogens is 1. The Labute approximate surface area is 567 Å². The maximum absolute atomic E-state index is 14.8. The molecule has 0 radical (unpaired) electrons. The number of benzene rings is 1. The van der Waals surface area contributed by atoms with Crippen LogP contribution in [0, 0.1) is 58.2 Å². The molecule has 2 aromatic rings. The lowest BCUT2D eigenvalue weighted by molar-refractivity contribution is -0.761. The fraction of sp³-hybridized carbons (Fsp3) is 0.753. The minimum atomic E-state index is -1.31. The Morgan fingerprint density at radius 2 is 1.43 bits per heavy atom. The van der Waals surface area contributed by atoms with Gasteiger partial charge in [0.15, 0.2) is 29.2 Å². The number of allylic oxidation sites excluding steroid dienone is 4. The fourth-order valence-electron chi connectivity index (χ4n) is 16.4. The van der Waals surface area contributed by atoms with E-state index in [1.165, 1.54) is 5.69 Å². The number of alkyl carbamates (subject to hydrolysis) is 1. The van der Waals surface area contributed by atoms with E-state index in [-0.39, 0.29) is 91.8 Å². The van der Waals surface area contributed by atoms with Crippen molar-refractivity contribution in [1.82, 2.24) is 20.9 Å². The highest BCUT2D eigenvalue weighted by Crippen LogP contribution is 2.70. The molecule has 0 bridgehead atoms. The molecule has 2 heterocycles. The number of hydrogen-bond donors (Lipinski definition) is 4. The zero-order chi connectivity index (χ0) is 68.2. The van der Waals surface area contributed by atoms with Gasteiger partial charge >= 0.3 is 6.09 Å². The SMILES string of the molecule is CCCCOCCOCCOCC[n+]1[nH]nc2c1CCC1C(CC2)C1COC(=O)NCCOCCOCCOCCOCCC(=O)N[C@H](C(=O)C[C@@H](C)C(=O)Cc1ccc(OCC(=O)[C@@]23OC(CCC)O[C@@H]2C[C@H]2[C@@H]4CCC5=CC(=O)C=C[C@]5(C)[C@H]4[C@@H](O)C[C@@]23C)cc1)C(C)C. The molecule has 96 heavy (non-hydrogen) atoms. The Bertz CT molecular complexity index is 2940. The summed E-state index contributed by atoms with van der Waals surface area (Å²) in [7, 11) is 0. The molecule has 1 aromatic carbocycles. The Kier molecular flexibility index (Phi) is 28.2. The van der Waals surface area contributed by atoms with Crippen molar-refractivity contribution in [1.29, 1.82) is 0 Å². The van der Waals surface area contributed by atoms with Crippen molar-refractivity contribution in [2.24, 2.45) is 58.2 Å². The molecule has 2 amide bonds. The molecule has 4 N–H and O–H groups in total. The van der Waals surface area contributed by atoms with Crippen molar-refractivity contribution in [3.05, 3.63) is 65.0 Å². The normalized spacial score (nSPS) is 28.4. The highest BCUT2D eigenvalue weighted by Gasteiger charge is 2.76. The van der Waals surface area contributed by atoms with E-state index in [0.717, 1.165) is 81.2 Å². The number of fused-ring (bicyclic) bond motifs is 9. The number of aromatic amines is 1. The summed E-state index contributed by atoms with van der Waals surface area (Å²) in [5.41, 5.74) is 1.68. The lowest BCUT2D eigenvalue weighted by atomic mass is 9.46. The number of nitrogens with zero attached hydrogens (tertiary/aromatic N) is 2. The molecule has 1 aliphatic heterocycles. The summed E-state index contributed by atoms with van der Waals surface area (Å²) >= 11 is 0. The number of nitrogens with one attached hydrogen (secondary N) is 3. The second-order valence-corrected chi connectivity index (χ2v) is 28.2. The number of aliphatic hydroxyl groups excluding tert-OH is 1. The number of carbonyl (C=O) groups is 6. The van der Waals surface area contributed by atoms with E-state index in [4.69, 9.17) is 52.1 Å². The monoisotopic (exact) mass is 1340 g/mol. The average Bonchev–Trinajstić information content (AvgIpc) is 1.47. The molecule has 23 nitrogen and oxygen atoms in total. The van der Waals surface area contributed by atoms with Gasteiger partial charge in [-0.05, 0) is 117 Å². The molecule has 1 saturated heterocycles. The standard InChI is InChI=1S/C73H109N5O18/c1-8-10-27-86-31-35-90-38-34-89-30-26-78-60-21-19-55-54(18-20-59(60)76-77-78)57(55)46-94-70(85)74-25-29-88-33-37-92-40-39-91-36-32-87-28-23-66(84)75-69(48(3)4)62(81)41-49(5)61(80)42-50-12-15-53(16-13-50)93-47-64(83)73-65(95-67(96-73)11-9-2)44-58-56-17-14-51-43-52(79)22-24-71(51,6)68(56)63(82)45-72(58,73)7/h12-13,15-16,22,24,43,48-49,54-58,63,65,67-69,82H,8-11,14,17-21,23,25-42,44-47H2,1-7H3,(H2,74,75,84,85)/p+1/t49-,54?,55?,56+,57?,58+,63+,65-,67?,68-,69+,71+,72+,73-/m1/s1. The Morgan fingerprint density at radius 1 is 0.781 bits per heavy atom. The van der Waals surface area contributed by atoms with Crippen LogP contribution in [0.2, 0.25) is 0 Å². The number of ether oxygens (including phenoxy) is 11. The van der Waals surface area contributed by atoms with E-state index in [9.17, 15) is 33.9 Å².